The third-order valence-electron chi connectivity index (χ3n) is 6.86. The number of para-hydroxylation sites is 2. The summed E-state index contributed by atoms with van der Waals surface area (Å²) in [6, 6.07) is 16.1. The van der Waals surface area contributed by atoms with Crippen molar-refractivity contribution in [2.45, 2.75) is 64.1 Å². The van der Waals surface area contributed by atoms with E-state index in [4.69, 9.17) is 39.5 Å². The molecule has 0 aliphatic rings. The quantitative estimate of drug-likeness (QED) is 0.200. The molecule has 1 N–H and O–H groups in total. The molecule has 0 heterocycles. The zero-order valence-corrected chi connectivity index (χ0v) is 27.6. The van der Waals surface area contributed by atoms with Crippen LogP contribution >= 0.6 is 34.8 Å². The molecule has 0 saturated heterocycles. The summed E-state index contributed by atoms with van der Waals surface area (Å²) in [6.45, 7) is 6.98. The Balaban J connectivity index is 2.13. The average molecular weight is 669 g/mol. The van der Waals surface area contributed by atoms with Crippen molar-refractivity contribution in [2.75, 3.05) is 17.5 Å². The Morgan fingerprint density at radius 2 is 1.56 bits per heavy atom. The highest BCUT2D eigenvalue weighted by molar-refractivity contribution is 7.92. The Bertz CT molecular complexity index is 1520. The molecule has 0 aliphatic heterocycles. The van der Waals surface area contributed by atoms with E-state index in [0.29, 0.717) is 27.1 Å². The second kappa shape index (κ2) is 15.7. The Morgan fingerprint density at radius 3 is 2.16 bits per heavy atom. The molecule has 8 nitrogen and oxygen atoms in total. The molecule has 2 amide bonds. The molecule has 0 radical (unpaired) electrons. The van der Waals surface area contributed by atoms with Gasteiger partial charge in [0.25, 0.3) is 10.0 Å². The lowest BCUT2D eigenvalue weighted by atomic mass is 10.1. The lowest BCUT2D eigenvalue weighted by Gasteiger charge is -2.34. The fraction of sp³-hybridized carbons (Fsp3) is 0.355. The molecular weight excluding hydrogens is 633 g/mol. The van der Waals surface area contributed by atoms with Gasteiger partial charge in [-0.1, -0.05) is 66.8 Å². The number of anilines is 1. The van der Waals surface area contributed by atoms with Gasteiger partial charge < -0.3 is 15.0 Å². The van der Waals surface area contributed by atoms with Gasteiger partial charge in [-0.25, -0.2) is 8.42 Å². The van der Waals surface area contributed by atoms with E-state index in [1.54, 1.807) is 56.3 Å². The molecule has 2 atom stereocenters. The highest BCUT2D eigenvalue weighted by Crippen LogP contribution is 2.33. The van der Waals surface area contributed by atoms with Gasteiger partial charge in [0.05, 0.1) is 17.2 Å². The highest BCUT2D eigenvalue weighted by Gasteiger charge is 2.35. The number of carbonyl (C=O) groups excluding carboxylic acids is 2. The number of nitrogens with zero attached hydrogens (tertiary/aromatic N) is 2. The monoisotopic (exact) mass is 667 g/mol. The average Bonchev–Trinajstić information content (AvgIpc) is 2.97. The van der Waals surface area contributed by atoms with Gasteiger partial charge in [0.2, 0.25) is 11.8 Å². The first kappa shape index (κ1) is 34.5. The highest BCUT2D eigenvalue weighted by atomic mass is 35.5. The summed E-state index contributed by atoms with van der Waals surface area (Å²) in [6.07, 6.45) is 0.971. The Hall–Kier alpha value is -2.98. The summed E-state index contributed by atoms with van der Waals surface area (Å²) < 4.78 is 35.0. The molecule has 0 aromatic heterocycles. The van der Waals surface area contributed by atoms with Gasteiger partial charge in [-0.15, -0.1) is 0 Å². The number of ether oxygens (including phenoxy) is 1. The molecular formula is C31H36Cl3N3O5S. The van der Waals surface area contributed by atoms with Gasteiger partial charge in [-0.2, -0.15) is 0 Å². The molecule has 2 unspecified atom stereocenters. The van der Waals surface area contributed by atoms with Gasteiger partial charge >= 0.3 is 0 Å². The van der Waals surface area contributed by atoms with Crippen LogP contribution in [0.25, 0.3) is 0 Å². The summed E-state index contributed by atoms with van der Waals surface area (Å²) >= 11 is 18.6. The fourth-order valence-electron chi connectivity index (χ4n) is 4.38. The van der Waals surface area contributed by atoms with Crippen LogP contribution in [0.4, 0.5) is 5.69 Å². The van der Waals surface area contributed by atoms with Crippen LogP contribution in [0.15, 0.2) is 71.6 Å². The second-order valence-corrected chi connectivity index (χ2v) is 13.0. The van der Waals surface area contributed by atoms with Crippen LogP contribution in [0.1, 0.15) is 46.1 Å². The number of hydrogen-bond acceptors (Lipinski definition) is 5. The van der Waals surface area contributed by atoms with Crippen LogP contribution in [0.3, 0.4) is 0 Å². The summed E-state index contributed by atoms with van der Waals surface area (Å²) in [7, 11) is -4.30. The smallest absolute Gasteiger partial charge is 0.264 e. The topological polar surface area (TPSA) is 96.0 Å². The third-order valence-corrected chi connectivity index (χ3v) is 9.47. The predicted molar refractivity (Wildman–Crippen MR) is 173 cm³/mol. The number of hydrogen-bond donors (Lipinski definition) is 1. The van der Waals surface area contributed by atoms with E-state index in [0.717, 1.165) is 4.31 Å². The maximum absolute atomic E-state index is 14.3. The Morgan fingerprint density at radius 1 is 0.907 bits per heavy atom. The van der Waals surface area contributed by atoms with E-state index < -0.39 is 28.5 Å². The normalized spacial score (nSPS) is 12.7. The summed E-state index contributed by atoms with van der Waals surface area (Å²) in [4.78, 5) is 29.0. The number of halogens is 3. The Labute approximate surface area is 268 Å². The minimum Gasteiger partial charge on any atom is -0.492 e. The summed E-state index contributed by atoms with van der Waals surface area (Å²) in [5.74, 6) is -0.678. The van der Waals surface area contributed by atoms with Crippen LogP contribution in [0, 0.1) is 0 Å². The minimum atomic E-state index is -4.30. The number of benzene rings is 3. The molecule has 0 aliphatic carbocycles. The van der Waals surface area contributed by atoms with Crippen LogP contribution in [0.2, 0.25) is 15.1 Å². The van der Waals surface area contributed by atoms with E-state index in [1.165, 1.54) is 29.2 Å². The minimum absolute atomic E-state index is 0.0524. The molecule has 12 heteroatoms. The first-order chi connectivity index (χ1) is 20.4. The van der Waals surface area contributed by atoms with E-state index in [-0.39, 0.29) is 47.9 Å². The van der Waals surface area contributed by atoms with E-state index in [1.807, 2.05) is 13.8 Å². The van der Waals surface area contributed by atoms with Crippen molar-refractivity contribution >= 4 is 62.3 Å². The lowest BCUT2D eigenvalue weighted by molar-refractivity contribution is -0.140. The van der Waals surface area contributed by atoms with Crippen molar-refractivity contribution < 1.29 is 22.7 Å². The summed E-state index contributed by atoms with van der Waals surface area (Å²) in [5.41, 5.74) is 0.727. The number of rotatable bonds is 14. The number of sulfonamides is 1. The SMILES string of the molecule is CCOc1ccccc1N(CC(=O)N(Cc1ccc(Cl)cc1Cl)C(CC)C(=O)NC(C)CC)S(=O)(=O)c1ccc(Cl)cc1. The summed E-state index contributed by atoms with van der Waals surface area (Å²) in [5, 5.41) is 4.04. The van der Waals surface area contributed by atoms with Gasteiger partial charge in [0, 0.05) is 27.7 Å². The largest absolute Gasteiger partial charge is 0.492 e. The molecule has 3 aromatic rings. The lowest BCUT2D eigenvalue weighted by Crippen LogP contribution is -2.53. The zero-order valence-electron chi connectivity index (χ0n) is 24.5. The Kier molecular flexibility index (Phi) is 12.6. The second-order valence-electron chi connectivity index (χ2n) is 9.87. The molecule has 232 valence electrons. The molecule has 0 fully saturated rings. The fourth-order valence-corrected chi connectivity index (χ4v) is 6.40. The maximum Gasteiger partial charge on any atom is 0.264 e. The first-order valence-corrected chi connectivity index (χ1v) is 16.5. The molecule has 0 bridgehead atoms. The third kappa shape index (κ3) is 8.79. The van der Waals surface area contributed by atoms with E-state index in [2.05, 4.69) is 5.32 Å². The zero-order chi connectivity index (χ0) is 31.7. The molecule has 0 spiro atoms. The van der Waals surface area contributed by atoms with Crippen molar-refractivity contribution in [1.29, 1.82) is 0 Å². The molecule has 43 heavy (non-hydrogen) atoms. The van der Waals surface area contributed by atoms with E-state index >= 15 is 0 Å². The number of nitrogens with one attached hydrogen (secondary N) is 1. The van der Waals surface area contributed by atoms with Crippen molar-refractivity contribution in [3.05, 3.63) is 87.4 Å². The van der Waals surface area contributed by atoms with Gasteiger partial charge in [0.15, 0.2) is 0 Å². The molecule has 3 aromatic carbocycles. The van der Waals surface area contributed by atoms with Crippen LogP contribution in [-0.4, -0.2) is 50.4 Å². The van der Waals surface area contributed by atoms with Crippen LogP contribution in [-0.2, 0) is 26.2 Å². The predicted octanol–water partition coefficient (Wildman–Crippen LogP) is 6.96. The number of amides is 2. The van der Waals surface area contributed by atoms with Crippen LogP contribution in [0.5, 0.6) is 5.75 Å². The maximum atomic E-state index is 14.3. The molecule has 0 saturated carbocycles. The van der Waals surface area contributed by atoms with Gasteiger partial charge in [-0.05, 0) is 80.8 Å². The van der Waals surface area contributed by atoms with Gasteiger partial charge in [-0.3, -0.25) is 13.9 Å². The van der Waals surface area contributed by atoms with Gasteiger partial charge in [0.1, 0.15) is 18.3 Å². The number of carbonyl (C=O) groups is 2. The van der Waals surface area contributed by atoms with E-state index in [9.17, 15) is 18.0 Å². The standard InChI is InChI=1S/C31H36Cl3N3O5S/c1-5-21(4)35-31(39)27(6-2)36(19-22-12-13-24(33)18-26(22)34)30(38)20-37(28-10-8-9-11-29(28)42-7-3)43(40,41)25-16-14-23(32)15-17-25/h8-18,21,27H,5-7,19-20H2,1-4H3,(H,35,39). The van der Waals surface area contributed by atoms with Crippen molar-refractivity contribution in [3.8, 4) is 5.75 Å². The van der Waals surface area contributed by atoms with Crippen LogP contribution < -0.4 is 14.4 Å². The van der Waals surface area contributed by atoms with Crippen molar-refractivity contribution in [3.63, 3.8) is 0 Å². The van der Waals surface area contributed by atoms with Crippen molar-refractivity contribution in [2.24, 2.45) is 0 Å². The van der Waals surface area contributed by atoms with Crippen molar-refractivity contribution in [1.82, 2.24) is 10.2 Å². The first-order valence-electron chi connectivity index (χ1n) is 14.0. The molecule has 3 rings (SSSR count).